The molecule has 26 heavy (non-hydrogen) atoms. The number of carbonyl (C=O) groups is 4. The Morgan fingerprint density at radius 2 is 1.88 bits per heavy atom. The molecular weight excluding hydrogens is 342 g/mol. The first-order valence-electron chi connectivity index (χ1n) is 8.20. The van der Waals surface area contributed by atoms with Crippen LogP contribution >= 0.6 is 0 Å². The van der Waals surface area contributed by atoms with Crippen molar-refractivity contribution in [3.05, 3.63) is 29.3 Å². The molecule has 1 saturated carbocycles. The number of carboxylic acids is 1. The van der Waals surface area contributed by atoms with E-state index in [0.717, 1.165) is 19.8 Å². The maximum absolute atomic E-state index is 12.4. The fraction of sp³-hybridized carbons (Fsp3) is 0.412. The molecule has 4 amide bonds. The molecule has 1 atom stereocenters. The minimum Gasteiger partial charge on any atom is -0.479 e. The lowest BCUT2D eigenvalue weighted by molar-refractivity contribution is -0.155. The highest BCUT2D eigenvalue weighted by Gasteiger charge is 2.39. The van der Waals surface area contributed by atoms with Crippen LogP contribution in [0.25, 0.3) is 0 Å². The highest BCUT2D eigenvalue weighted by molar-refractivity contribution is 6.21. The number of carboxylic acid groups (broad SMARTS) is 1. The van der Waals surface area contributed by atoms with Gasteiger partial charge in [-0.05, 0) is 43.9 Å². The third-order valence-electron chi connectivity index (χ3n) is 4.42. The second-order valence-electron chi connectivity index (χ2n) is 6.81. The summed E-state index contributed by atoms with van der Waals surface area (Å²) in [6.07, 6.45) is 2.03. The molecule has 138 valence electrons. The summed E-state index contributed by atoms with van der Waals surface area (Å²) in [5, 5.41) is 23.1. The fourth-order valence-corrected chi connectivity index (χ4v) is 2.60. The molecule has 1 aromatic rings. The van der Waals surface area contributed by atoms with Crippen LogP contribution in [0, 0.1) is 5.92 Å². The number of hydrogen-bond donors (Lipinski definition) is 4. The van der Waals surface area contributed by atoms with Crippen LogP contribution in [0.15, 0.2) is 18.2 Å². The van der Waals surface area contributed by atoms with Gasteiger partial charge in [-0.2, -0.15) is 0 Å². The molecule has 0 spiro atoms. The number of aliphatic hydroxyl groups is 1. The molecule has 9 heteroatoms. The molecule has 1 heterocycles. The smallest absolute Gasteiger partial charge is 0.337 e. The van der Waals surface area contributed by atoms with Crippen molar-refractivity contribution in [3.8, 4) is 0 Å². The second kappa shape index (κ2) is 6.41. The Morgan fingerprint density at radius 3 is 2.50 bits per heavy atom. The van der Waals surface area contributed by atoms with Crippen LogP contribution in [-0.4, -0.2) is 57.6 Å². The van der Waals surface area contributed by atoms with Gasteiger partial charge in [0, 0.05) is 12.2 Å². The molecule has 1 unspecified atom stereocenters. The first-order valence-corrected chi connectivity index (χ1v) is 8.20. The predicted octanol–water partition coefficient (Wildman–Crippen LogP) is 0.650. The normalized spacial score (nSPS) is 18.3. The van der Waals surface area contributed by atoms with Gasteiger partial charge in [-0.15, -0.1) is 0 Å². The van der Waals surface area contributed by atoms with Gasteiger partial charge >= 0.3 is 12.0 Å². The van der Waals surface area contributed by atoms with Crippen molar-refractivity contribution in [1.82, 2.24) is 10.2 Å². The minimum absolute atomic E-state index is 0.228. The summed E-state index contributed by atoms with van der Waals surface area (Å²) in [5.41, 5.74) is -1.28. The Labute approximate surface area is 149 Å². The maximum atomic E-state index is 12.4. The van der Waals surface area contributed by atoms with E-state index in [4.69, 9.17) is 5.11 Å². The molecule has 2 aliphatic rings. The van der Waals surface area contributed by atoms with E-state index < -0.39 is 24.1 Å². The van der Waals surface area contributed by atoms with Crippen molar-refractivity contribution >= 4 is 29.5 Å². The SMILES string of the molecule is CC(O)(CNC(=O)Nc1ccc2c(c1)C(=O)N(CC1CC1)C2=O)C(=O)O. The topological polar surface area (TPSA) is 136 Å². The monoisotopic (exact) mass is 361 g/mol. The fourth-order valence-electron chi connectivity index (χ4n) is 2.60. The first kappa shape index (κ1) is 17.9. The standard InChI is InChI=1S/C17H19N3O6/c1-17(26,15(23)24)8-18-16(25)19-10-4-5-11-12(6-10)14(22)20(13(11)21)7-9-2-3-9/h4-6,9,26H,2-3,7-8H2,1H3,(H,23,24)(H2,18,19,25). The Kier molecular flexibility index (Phi) is 4.41. The Morgan fingerprint density at radius 1 is 1.23 bits per heavy atom. The van der Waals surface area contributed by atoms with Gasteiger partial charge in [-0.1, -0.05) is 0 Å². The van der Waals surface area contributed by atoms with Gasteiger partial charge in [-0.3, -0.25) is 14.5 Å². The molecule has 1 fully saturated rings. The van der Waals surface area contributed by atoms with Crippen LogP contribution in [-0.2, 0) is 4.79 Å². The van der Waals surface area contributed by atoms with E-state index >= 15 is 0 Å². The van der Waals surface area contributed by atoms with Gasteiger partial charge in [0.15, 0.2) is 5.60 Å². The van der Waals surface area contributed by atoms with E-state index in [1.54, 1.807) is 0 Å². The van der Waals surface area contributed by atoms with Crippen LogP contribution < -0.4 is 10.6 Å². The van der Waals surface area contributed by atoms with Gasteiger partial charge in [0.25, 0.3) is 11.8 Å². The largest absolute Gasteiger partial charge is 0.479 e. The highest BCUT2D eigenvalue weighted by Crippen LogP contribution is 2.33. The summed E-state index contributed by atoms with van der Waals surface area (Å²) in [4.78, 5) is 48.6. The average molecular weight is 361 g/mol. The number of rotatable bonds is 6. The lowest BCUT2D eigenvalue weighted by Gasteiger charge is -2.18. The van der Waals surface area contributed by atoms with E-state index in [-0.39, 0.29) is 23.1 Å². The predicted molar refractivity (Wildman–Crippen MR) is 89.8 cm³/mol. The number of carbonyl (C=O) groups excluding carboxylic acids is 3. The van der Waals surface area contributed by atoms with Gasteiger partial charge in [0.05, 0.1) is 17.7 Å². The van der Waals surface area contributed by atoms with E-state index in [1.807, 2.05) is 0 Å². The van der Waals surface area contributed by atoms with Gasteiger partial charge in [0.1, 0.15) is 0 Å². The molecule has 9 nitrogen and oxygen atoms in total. The van der Waals surface area contributed by atoms with Crippen LogP contribution in [0.5, 0.6) is 0 Å². The number of aliphatic carboxylic acids is 1. The third-order valence-corrected chi connectivity index (χ3v) is 4.42. The van der Waals surface area contributed by atoms with Crippen LogP contribution in [0.2, 0.25) is 0 Å². The van der Waals surface area contributed by atoms with Gasteiger partial charge in [-0.25, -0.2) is 9.59 Å². The van der Waals surface area contributed by atoms with E-state index in [1.165, 1.54) is 23.1 Å². The van der Waals surface area contributed by atoms with Gasteiger partial charge in [0.2, 0.25) is 0 Å². The molecule has 1 aromatic carbocycles. The van der Waals surface area contributed by atoms with E-state index in [2.05, 4.69) is 10.6 Å². The summed E-state index contributed by atoms with van der Waals surface area (Å²) in [6, 6.07) is 3.64. The van der Waals surface area contributed by atoms with Crippen molar-refractivity contribution in [2.75, 3.05) is 18.4 Å². The molecule has 0 aromatic heterocycles. The highest BCUT2D eigenvalue weighted by atomic mass is 16.4. The number of imide groups is 1. The van der Waals surface area contributed by atoms with Crippen LogP contribution in [0.3, 0.4) is 0 Å². The number of fused-ring (bicyclic) bond motifs is 1. The first-order chi connectivity index (χ1) is 12.2. The molecular formula is C17H19N3O6. The summed E-state index contributed by atoms with van der Waals surface area (Å²) in [5.74, 6) is -1.79. The maximum Gasteiger partial charge on any atom is 0.337 e. The quantitative estimate of drug-likeness (QED) is 0.549. The molecule has 0 bridgehead atoms. The zero-order chi connectivity index (χ0) is 19.1. The number of urea groups is 1. The van der Waals surface area contributed by atoms with Crippen molar-refractivity contribution < 1.29 is 29.4 Å². The number of nitrogens with one attached hydrogen (secondary N) is 2. The lowest BCUT2D eigenvalue weighted by atomic mass is 10.1. The van der Waals surface area contributed by atoms with Crippen LogP contribution in [0.1, 0.15) is 40.5 Å². The molecule has 1 aliphatic carbocycles. The summed E-state index contributed by atoms with van der Waals surface area (Å²) < 4.78 is 0. The summed E-state index contributed by atoms with van der Waals surface area (Å²) in [7, 11) is 0. The van der Waals surface area contributed by atoms with Gasteiger partial charge < -0.3 is 20.8 Å². The van der Waals surface area contributed by atoms with Crippen molar-refractivity contribution in [2.24, 2.45) is 5.92 Å². The number of amides is 4. The average Bonchev–Trinajstić information content (AvgIpc) is 3.37. The second-order valence-corrected chi connectivity index (χ2v) is 6.81. The van der Waals surface area contributed by atoms with Crippen molar-refractivity contribution in [2.45, 2.75) is 25.4 Å². The number of hydrogen-bond acceptors (Lipinski definition) is 5. The Hall–Kier alpha value is -2.94. The molecule has 1 aliphatic heterocycles. The number of nitrogens with zero attached hydrogens (tertiary/aromatic N) is 1. The van der Waals surface area contributed by atoms with E-state index in [9.17, 15) is 24.3 Å². The molecule has 0 radical (unpaired) electrons. The summed E-state index contributed by atoms with van der Waals surface area (Å²) in [6.45, 7) is 0.981. The van der Waals surface area contributed by atoms with Crippen LogP contribution in [0.4, 0.5) is 10.5 Å². The Balaban J connectivity index is 1.65. The number of benzene rings is 1. The van der Waals surface area contributed by atoms with Crippen molar-refractivity contribution in [1.29, 1.82) is 0 Å². The zero-order valence-electron chi connectivity index (χ0n) is 14.1. The molecule has 3 rings (SSSR count). The molecule has 4 N–H and O–H groups in total. The molecule has 0 saturated heterocycles. The Bertz CT molecular complexity index is 800. The zero-order valence-corrected chi connectivity index (χ0v) is 14.1. The number of anilines is 1. The summed E-state index contributed by atoms with van der Waals surface area (Å²) >= 11 is 0. The minimum atomic E-state index is -2.10. The lowest BCUT2D eigenvalue weighted by Crippen LogP contribution is -2.47. The van der Waals surface area contributed by atoms with E-state index in [0.29, 0.717) is 18.0 Å². The third kappa shape index (κ3) is 3.52. The van der Waals surface area contributed by atoms with Crippen molar-refractivity contribution in [3.63, 3.8) is 0 Å².